The molecule has 2 aromatic rings. The molecular formula is C12H13N4O2S-. The second kappa shape index (κ2) is 5.83. The van der Waals surface area contributed by atoms with E-state index in [9.17, 15) is 9.90 Å². The third kappa shape index (κ3) is 3.11. The van der Waals surface area contributed by atoms with Gasteiger partial charge in [-0.3, -0.25) is 0 Å². The van der Waals surface area contributed by atoms with E-state index >= 15 is 0 Å². The van der Waals surface area contributed by atoms with Gasteiger partial charge in [0.1, 0.15) is 0 Å². The Morgan fingerprint density at radius 3 is 2.95 bits per heavy atom. The van der Waals surface area contributed by atoms with Gasteiger partial charge in [-0.2, -0.15) is 4.68 Å². The molecule has 0 fully saturated rings. The standard InChI is InChI=1S/C12H14N4O2S/c1-3-10(11(17)18)19-12-13-14-15-16(12)9-6-4-5-8(2)7-9/h4-7,10H,3H2,1-2H3,(H,17,18)/p-1/t10-/m1/s1. The van der Waals surface area contributed by atoms with Gasteiger partial charge in [-0.1, -0.05) is 30.8 Å². The Kier molecular flexibility index (Phi) is 4.16. The van der Waals surface area contributed by atoms with Crippen LogP contribution in [-0.2, 0) is 4.79 Å². The number of hydrogen-bond donors (Lipinski definition) is 0. The molecule has 100 valence electrons. The van der Waals surface area contributed by atoms with Gasteiger partial charge in [0, 0.05) is 0 Å². The first kappa shape index (κ1) is 13.5. The minimum Gasteiger partial charge on any atom is -0.549 e. The van der Waals surface area contributed by atoms with Gasteiger partial charge in [0.2, 0.25) is 5.16 Å². The molecule has 1 aromatic heterocycles. The summed E-state index contributed by atoms with van der Waals surface area (Å²) in [5.41, 5.74) is 1.89. The normalized spacial score (nSPS) is 12.3. The molecule has 1 atom stereocenters. The smallest absolute Gasteiger partial charge is 0.214 e. The lowest BCUT2D eigenvalue weighted by molar-refractivity contribution is -0.304. The largest absolute Gasteiger partial charge is 0.549 e. The average Bonchev–Trinajstić information content (AvgIpc) is 2.83. The van der Waals surface area contributed by atoms with Gasteiger partial charge in [-0.15, -0.1) is 5.10 Å². The van der Waals surface area contributed by atoms with E-state index in [0.29, 0.717) is 11.6 Å². The van der Waals surface area contributed by atoms with E-state index in [0.717, 1.165) is 23.0 Å². The third-order valence-corrected chi connectivity index (χ3v) is 3.84. The summed E-state index contributed by atoms with van der Waals surface area (Å²) < 4.78 is 1.53. The fourth-order valence-electron chi connectivity index (χ4n) is 1.60. The molecule has 6 nitrogen and oxygen atoms in total. The molecule has 2 rings (SSSR count). The number of benzene rings is 1. The predicted octanol–water partition coefficient (Wildman–Crippen LogP) is 0.591. The number of aromatic nitrogens is 4. The molecule has 0 radical (unpaired) electrons. The van der Waals surface area contributed by atoms with E-state index in [2.05, 4.69) is 15.5 Å². The summed E-state index contributed by atoms with van der Waals surface area (Å²) in [6.45, 7) is 3.75. The first-order valence-electron chi connectivity index (χ1n) is 5.84. The molecular weight excluding hydrogens is 264 g/mol. The Morgan fingerprint density at radius 1 is 1.53 bits per heavy atom. The van der Waals surface area contributed by atoms with Crippen LogP contribution < -0.4 is 5.11 Å². The van der Waals surface area contributed by atoms with Gasteiger partial charge < -0.3 is 9.90 Å². The molecule has 1 heterocycles. The summed E-state index contributed by atoms with van der Waals surface area (Å²) in [4.78, 5) is 10.9. The van der Waals surface area contributed by atoms with Gasteiger partial charge in [0.15, 0.2) is 0 Å². The molecule has 0 bridgehead atoms. The van der Waals surface area contributed by atoms with Crippen LogP contribution in [0.2, 0.25) is 0 Å². The van der Waals surface area contributed by atoms with Gasteiger partial charge in [0.25, 0.3) is 0 Å². The maximum atomic E-state index is 10.9. The second-order valence-corrected chi connectivity index (χ2v) is 5.22. The number of aryl methyl sites for hydroxylation is 1. The molecule has 0 saturated carbocycles. The molecule has 19 heavy (non-hydrogen) atoms. The number of rotatable bonds is 5. The highest BCUT2D eigenvalue weighted by Crippen LogP contribution is 2.24. The van der Waals surface area contributed by atoms with Gasteiger partial charge in [0.05, 0.1) is 16.9 Å². The van der Waals surface area contributed by atoms with Crippen molar-refractivity contribution in [3.8, 4) is 5.69 Å². The van der Waals surface area contributed by atoms with Gasteiger partial charge >= 0.3 is 0 Å². The predicted molar refractivity (Wildman–Crippen MR) is 68.8 cm³/mol. The zero-order valence-corrected chi connectivity index (χ0v) is 11.4. The Balaban J connectivity index is 2.30. The Bertz CT molecular complexity index is 585. The van der Waals surface area contributed by atoms with Crippen LogP contribution in [0.15, 0.2) is 29.4 Å². The van der Waals surface area contributed by atoms with Gasteiger partial charge in [-0.05, 0) is 41.5 Å². The monoisotopic (exact) mass is 277 g/mol. The molecule has 0 aliphatic heterocycles. The lowest BCUT2D eigenvalue weighted by Gasteiger charge is -2.14. The van der Waals surface area contributed by atoms with E-state index in [1.807, 2.05) is 31.2 Å². The summed E-state index contributed by atoms with van der Waals surface area (Å²) in [6, 6.07) is 7.67. The van der Waals surface area contributed by atoms with Crippen LogP contribution in [0, 0.1) is 6.92 Å². The fraction of sp³-hybridized carbons (Fsp3) is 0.333. The quantitative estimate of drug-likeness (QED) is 0.744. The van der Waals surface area contributed by atoms with E-state index in [4.69, 9.17) is 0 Å². The van der Waals surface area contributed by atoms with Crippen LogP contribution >= 0.6 is 11.8 Å². The summed E-state index contributed by atoms with van der Waals surface area (Å²) in [5.74, 6) is -1.11. The van der Waals surface area contributed by atoms with Crippen molar-refractivity contribution in [3.05, 3.63) is 29.8 Å². The van der Waals surface area contributed by atoms with Crippen molar-refractivity contribution in [1.29, 1.82) is 0 Å². The van der Waals surface area contributed by atoms with Crippen molar-refractivity contribution < 1.29 is 9.90 Å². The molecule has 0 amide bonds. The van der Waals surface area contributed by atoms with E-state index in [-0.39, 0.29) is 0 Å². The second-order valence-electron chi connectivity index (χ2n) is 4.05. The third-order valence-electron chi connectivity index (χ3n) is 2.57. The Morgan fingerprint density at radius 2 is 2.32 bits per heavy atom. The molecule has 0 spiro atoms. The van der Waals surface area contributed by atoms with Crippen molar-refractivity contribution in [2.75, 3.05) is 0 Å². The number of carbonyl (C=O) groups is 1. The fourth-order valence-corrected chi connectivity index (χ4v) is 2.44. The maximum Gasteiger partial charge on any atom is 0.214 e. The number of carboxylic acid groups (broad SMARTS) is 1. The maximum absolute atomic E-state index is 10.9. The molecule has 1 aromatic carbocycles. The zero-order chi connectivity index (χ0) is 13.8. The minimum absolute atomic E-state index is 0.446. The van der Waals surface area contributed by atoms with Crippen molar-refractivity contribution in [1.82, 2.24) is 20.2 Å². The molecule has 0 aliphatic carbocycles. The molecule has 7 heteroatoms. The van der Waals surface area contributed by atoms with Crippen molar-refractivity contribution >= 4 is 17.7 Å². The van der Waals surface area contributed by atoms with E-state index in [1.165, 1.54) is 4.68 Å². The molecule has 0 aliphatic rings. The number of carbonyl (C=O) groups excluding carboxylic acids is 1. The summed E-state index contributed by atoms with van der Waals surface area (Å²) in [7, 11) is 0. The van der Waals surface area contributed by atoms with Crippen LogP contribution in [0.25, 0.3) is 5.69 Å². The molecule has 0 unspecified atom stereocenters. The number of aliphatic carboxylic acids is 1. The average molecular weight is 277 g/mol. The SMILES string of the molecule is CC[C@@H](Sc1nnnn1-c1cccc(C)c1)C(=O)[O-]. The molecule has 0 N–H and O–H groups in total. The summed E-state index contributed by atoms with van der Waals surface area (Å²) in [5, 5.41) is 22.1. The Hall–Kier alpha value is -1.89. The van der Waals surface area contributed by atoms with Crippen molar-refractivity contribution in [3.63, 3.8) is 0 Å². The van der Waals surface area contributed by atoms with Crippen molar-refractivity contribution in [2.45, 2.75) is 30.7 Å². The van der Waals surface area contributed by atoms with E-state index < -0.39 is 11.2 Å². The number of tetrazole rings is 1. The first-order chi connectivity index (χ1) is 9.11. The first-order valence-corrected chi connectivity index (χ1v) is 6.72. The van der Waals surface area contributed by atoms with Crippen molar-refractivity contribution in [2.24, 2.45) is 0 Å². The number of carboxylic acids is 1. The Labute approximate surface area is 114 Å². The number of thioether (sulfide) groups is 1. The van der Waals surface area contributed by atoms with Crippen LogP contribution in [0.4, 0.5) is 0 Å². The highest BCUT2D eigenvalue weighted by atomic mass is 32.2. The number of nitrogens with zero attached hydrogens (tertiary/aromatic N) is 4. The summed E-state index contributed by atoms with van der Waals surface area (Å²) >= 11 is 1.10. The highest BCUT2D eigenvalue weighted by Gasteiger charge is 2.16. The van der Waals surface area contributed by atoms with Crippen LogP contribution in [-0.4, -0.2) is 31.4 Å². The molecule has 0 saturated heterocycles. The summed E-state index contributed by atoms with van der Waals surface area (Å²) in [6.07, 6.45) is 0.452. The topological polar surface area (TPSA) is 83.7 Å². The lowest BCUT2D eigenvalue weighted by Crippen LogP contribution is -2.33. The zero-order valence-electron chi connectivity index (χ0n) is 10.6. The van der Waals surface area contributed by atoms with Crippen LogP contribution in [0.1, 0.15) is 18.9 Å². The minimum atomic E-state index is -1.11. The van der Waals surface area contributed by atoms with Gasteiger partial charge in [-0.25, -0.2) is 0 Å². The van der Waals surface area contributed by atoms with Crippen LogP contribution in [0.3, 0.4) is 0 Å². The number of hydrogen-bond acceptors (Lipinski definition) is 6. The van der Waals surface area contributed by atoms with E-state index in [1.54, 1.807) is 6.92 Å². The lowest BCUT2D eigenvalue weighted by atomic mass is 10.2. The van der Waals surface area contributed by atoms with Crippen LogP contribution in [0.5, 0.6) is 0 Å². The highest BCUT2D eigenvalue weighted by molar-refractivity contribution is 8.00.